The Labute approximate surface area is 225 Å². The molecule has 0 spiro atoms. The molecule has 0 amide bonds. The second kappa shape index (κ2) is 19.4. The molecule has 2 aromatic carbocycles. The van der Waals surface area contributed by atoms with Crippen molar-refractivity contribution in [2.75, 3.05) is 84.5 Å². The molecule has 0 radical (unpaired) electrons. The van der Waals surface area contributed by atoms with Crippen molar-refractivity contribution in [3.63, 3.8) is 0 Å². The van der Waals surface area contributed by atoms with Gasteiger partial charge < -0.3 is 33.7 Å². The summed E-state index contributed by atoms with van der Waals surface area (Å²) in [4.78, 5) is 32.3. The average Bonchev–Trinajstić information content (AvgIpc) is 2.94. The summed E-state index contributed by atoms with van der Waals surface area (Å²) in [6.07, 6.45) is 0. The molecule has 0 fully saturated rings. The number of ether oxygens (including phenoxy) is 6. The zero-order chi connectivity index (χ0) is 28.1. The van der Waals surface area contributed by atoms with Crippen LogP contribution in [0.3, 0.4) is 0 Å². The number of esters is 1. The van der Waals surface area contributed by atoms with Gasteiger partial charge in [0.15, 0.2) is 0 Å². The number of rotatable bonds is 22. The van der Waals surface area contributed by atoms with Crippen LogP contribution in [0.25, 0.3) is 0 Å². The van der Waals surface area contributed by atoms with E-state index in [9.17, 15) is 25.0 Å². The van der Waals surface area contributed by atoms with Gasteiger partial charge in [0.2, 0.25) is 0 Å². The fourth-order valence-electron chi connectivity index (χ4n) is 3.02. The number of carbonyl (C=O) groups excluding carboxylic acids is 1. The van der Waals surface area contributed by atoms with Crippen LogP contribution in [0.5, 0.6) is 0 Å². The number of nitro groups is 2. The van der Waals surface area contributed by atoms with Crippen LogP contribution in [0.1, 0.15) is 10.4 Å². The van der Waals surface area contributed by atoms with E-state index in [0.29, 0.717) is 58.4 Å². The van der Waals surface area contributed by atoms with Crippen molar-refractivity contribution < 1.29 is 43.1 Å². The molecule has 0 aromatic heterocycles. The molecule has 14 heteroatoms. The van der Waals surface area contributed by atoms with E-state index in [1.165, 1.54) is 12.1 Å². The number of nitro benzene ring substituents is 2. The summed E-state index contributed by atoms with van der Waals surface area (Å²) in [6.45, 7) is 4.10. The minimum absolute atomic E-state index is 0.172. The van der Waals surface area contributed by atoms with Gasteiger partial charge in [-0.2, -0.15) is 0 Å². The Kier molecular flexibility index (Phi) is 15.7. The van der Waals surface area contributed by atoms with E-state index in [0.717, 1.165) is 6.07 Å². The largest absolute Gasteiger partial charge is 0.460 e. The summed E-state index contributed by atoms with van der Waals surface area (Å²) in [5.41, 5.74) is -0.0342. The lowest BCUT2D eigenvalue weighted by Crippen LogP contribution is -2.15. The Hall–Kier alpha value is -3.69. The molecule has 0 saturated heterocycles. The van der Waals surface area contributed by atoms with Gasteiger partial charge in [-0.3, -0.25) is 20.2 Å². The number of benzene rings is 2. The minimum Gasteiger partial charge on any atom is -0.460 e. The first-order valence-electron chi connectivity index (χ1n) is 12.3. The number of hydrogen-bond acceptors (Lipinski definition) is 12. The third-order valence-corrected chi connectivity index (χ3v) is 4.91. The molecule has 14 nitrogen and oxygen atoms in total. The topological polar surface area (TPSA) is 171 Å². The fourth-order valence-corrected chi connectivity index (χ4v) is 3.02. The maximum absolute atomic E-state index is 11.7. The van der Waals surface area contributed by atoms with Crippen LogP contribution in [0.4, 0.5) is 17.1 Å². The van der Waals surface area contributed by atoms with Gasteiger partial charge in [-0.15, -0.1) is 0 Å². The Bertz CT molecular complexity index is 1010. The van der Waals surface area contributed by atoms with E-state index in [1.54, 1.807) is 24.3 Å². The van der Waals surface area contributed by atoms with Gasteiger partial charge in [-0.25, -0.2) is 4.79 Å². The summed E-state index contributed by atoms with van der Waals surface area (Å²) in [5, 5.41) is 24.7. The Morgan fingerprint density at radius 2 is 1.18 bits per heavy atom. The van der Waals surface area contributed by atoms with Gasteiger partial charge >= 0.3 is 5.97 Å². The zero-order valence-corrected chi connectivity index (χ0v) is 21.5. The number of nitrogens with zero attached hydrogens (tertiary/aromatic N) is 2. The van der Waals surface area contributed by atoms with Crippen LogP contribution in [0.15, 0.2) is 48.5 Å². The molecule has 0 heterocycles. The highest BCUT2D eigenvalue weighted by atomic mass is 16.6. The second-order valence-electron chi connectivity index (χ2n) is 7.71. The molecule has 1 N–H and O–H groups in total. The lowest BCUT2D eigenvalue weighted by Gasteiger charge is -2.09. The predicted octanol–water partition coefficient (Wildman–Crippen LogP) is 2.85. The van der Waals surface area contributed by atoms with Crippen LogP contribution in [-0.2, 0) is 28.4 Å². The Morgan fingerprint density at radius 1 is 0.667 bits per heavy atom. The molecule has 2 aromatic rings. The first-order valence-corrected chi connectivity index (χ1v) is 12.3. The molecule has 0 atom stereocenters. The molecule has 0 aliphatic heterocycles. The highest BCUT2D eigenvalue weighted by Gasteiger charge is 2.19. The van der Waals surface area contributed by atoms with Crippen LogP contribution < -0.4 is 5.32 Å². The average molecular weight is 552 g/mol. The summed E-state index contributed by atoms with van der Waals surface area (Å²) < 4.78 is 32.0. The first-order chi connectivity index (χ1) is 19.0. The summed E-state index contributed by atoms with van der Waals surface area (Å²) in [7, 11) is 0. The maximum atomic E-state index is 11.7. The van der Waals surface area contributed by atoms with Gasteiger partial charge in [0.05, 0.1) is 87.5 Å². The molecule has 0 aliphatic rings. The predicted molar refractivity (Wildman–Crippen MR) is 139 cm³/mol. The highest BCUT2D eigenvalue weighted by Crippen LogP contribution is 2.28. The molecule has 39 heavy (non-hydrogen) atoms. The van der Waals surface area contributed by atoms with Crippen LogP contribution in [0.2, 0.25) is 0 Å². The Morgan fingerprint density at radius 3 is 1.69 bits per heavy atom. The quantitative estimate of drug-likeness (QED) is 0.0983. The van der Waals surface area contributed by atoms with E-state index in [4.69, 9.17) is 28.4 Å². The van der Waals surface area contributed by atoms with Crippen molar-refractivity contribution in [1.82, 2.24) is 0 Å². The van der Waals surface area contributed by atoms with Crippen molar-refractivity contribution in [1.29, 1.82) is 0 Å². The summed E-state index contributed by atoms with van der Waals surface area (Å²) in [5.74, 6) is -0.381. The van der Waals surface area contributed by atoms with Gasteiger partial charge in [0.1, 0.15) is 12.3 Å². The summed E-state index contributed by atoms with van der Waals surface area (Å²) >= 11 is 0. The minimum atomic E-state index is -0.686. The third kappa shape index (κ3) is 13.6. The Balaban J connectivity index is 1.33. The van der Waals surface area contributed by atoms with Gasteiger partial charge in [0.25, 0.3) is 11.4 Å². The van der Waals surface area contributed by atoms with Gasteiger partial charge in [-0.1, -0.05) is 18.2 Å². The molecule has 2 rings (SSSR count). The zero-order valence-electron chi connectivity index (χ0n) is 21.5. The monoisotopic (exact) mass is 551 g/mol. The lowest BCUT2D eigenvalue weighted by atomic mass is 10.2. The maximum Gasteiger partial charge on any atom is 0.338 e. The smallest absolute Gasteiger partial charge is 0.338 e. The van der Waals surface area contributed by atoms with Crippen LogP contribution in [0, 0.1) is 20.2 Å². The van der Waals surface area contributed by atoms with Crippen molar-refractivity contribution >= 4 is 23.0 Å². The number of anilines is 1. The van der Waals surface area contributed by atoms with Crippen molar-refractivity contribution in [2.45, 2.75) is 0 Å². The van der Waals surface area contributed by atoms with Crippen LogP contribution >= 0.6 is 0 Å². The van der Waals surface area contributed by atoms with Gasteiger partial charge in [-0.05, 0) is 18.2 Å². The second-order valence-corrected chi connectivity index (χ2v) is 7.71. The molecule has 0 unspecified atom stereocenters. The molecule has 0 aliphatic carbocycles. The SMILES string of the molecule is O=C(OCCOCCOCCOCCOCCOCCNc1ccc([N+](=O)[O-])cc1[N+](=O)[O-])c1ccccc1. The fraction of sp³-hybridized carbons (Fsp3) is 0.480. The number of hydrogen-bond donors (Lipinski definition) is 1. The molecular formula is C25H33N3O11. The number of carbonyl (C=O) groups is 1. The molecule has 0 bridgehead atoms. The number of nitrogens with one attached hydrogen (secondary N) is 1. The van der Waals surface area contributed by atoms with Gasteiger partial charge in [0, 0.05) is 12.6 Å². The van der Waals surface area contributed by atoms with E-state index < -0.39 is 9.85 Å². The first kappa shape index (κ1) is 31.5. The van der Waals surface area contributed by atoms with Crippen LogP contribution in [-0.4, -0.2) is 95.0 Å². The number of non-ortho nitro benzene ring substituents is 1. The summed E-state index contributed by atoms with van der Waals surface area (Å²) in [6, 6.07) is 12.2. The van der Waals surface area contributed by atoms with E-state index >= 15 is 0 Å². The van der Waals surface area contributed by atoms with E-state index in [1.807, 2.05) is 6.07 Å². The van der Waals surface area contributed by atoms with Crippen molar-refractivity contribution in [3.8, 4) is 0 Å². The normalized spacial score (nSPS) is 10.8. The molecule has 0 saturated carbocycles. The molecular weight excluding hydrogens is 518 g/mol. The molecule has 214 valence electrons. The van der Waals surface area contributed by atoms with E-state index in [2.05, 4.69) is 5.32 Å². The van der Waals surface area contributed by atoms with Crippen molar-refractivity contribution in [2.24, 2.45) is 0 Å². The third-order valence-electron chi connectivity index (χ3n) is 4.91. The van der Waals surface area contributed by atoms with Crippen molar-refractivity contribution in [3.05, 3.63) is 74.3 Å². The van der Waals surface area contributed by atoms with E-state index in [-0.39, 0.29) is 49.4 Å². The lowest BCUT2D eigenvalue weighted by molar-refractivity contribution is -0.393. The highest BCUT2D eigenvalue weighted by molar-refractivity contribution is 5.89. The standard InChI is InChI=1S/C25H33N3O11/c29-25(21-4-2-1-3-5-21)39-19-18-38-17-16-37-15-14-36-13-12-35-11-10-34-9-8-26-23-7-6-22(27(30)31)20-24(23)28(32)33/h1-7,20,26H,8-19H2.